The van der Waals surface area contributed by atoms with Crippen molar-refractivity contribution < 1.29 is 9.53 Å². The van der Waals surface area contributed by atoms with E-state index in [9.17, 15) is 4.79 Å². The fourth-order valence-electron chi connectivity index (χ4n) is 2.24. The van der Waals surface area contributed by atoms with Gasteiger partial charge in [-0.25, -0.2) is 0 Å². The maximum atomic E-state index is 12.4. The number of ether oxygens (including phenoxy) is 1. The zero-order valence-corrected chi connectivity index (χ0v) is 14.2. The van der Waals surface area contributed by atoms with Crippen molar-refractivity contribution in [2.24, 2.45) is 0 Å². The highest BCUT2D eigenvalue weighted by atomic mass is 35.5. The molecule has 0 aromatic heterocycles. The minimum atomic E-state index is -0.268. The lowest BCUT2D eigenvalue weighted by atomic mass is 10.2. The first-order chi connectivity index (χ1) is 12.2. The standard InChI is InChI=1S/C20H17ClN2O2/c21-16-12-10-15(11-13-16)14-25-19-9-5-4-8-18(19)20(24)23-22-17-6-2-1-3-7-17/h1-13,22H,14H2,(H,23,24). The van der Waals surface area contributed by atoms with Crippen molar-refractivity contribution in [3.05, 3.63) is 95.0 Å². The fraction of sp³-hybridized carbons (Fsp3) is 0.0500. The molecule has 0 spiro atoms. The number of amides is 1. The molecule has 0 aliphatic rings. The smallest absolute Gasteiger partial charge is 0.273 e. The number of anilines is 1. The van der Waals surface area contributed by atoms with Crippen LogP contribution in [0.25, 0.3) is 0 Å². The minimum Gasteiger partial charge on any atom is -0.488 e. The first-order valence-corrected chi connectivity index (χ1v) is 8.18. The molecule has 126 valence electrons. The molecule has 3 rings (SSSR count). The van der Waals surface area contributed by atoms with Crippen molar-refractivity contribution in [2.75, 3.05) is 5.43 Å². The Morgan fingerprint density at radius 2 is 1.56 bits per heavy atom. The van der Waals surface area contributed by atoms with E-state index in [-0.39, 0.29) is 5.91 Å². The molecular formula is C20H17ClN2O2. The monoisotopic (exact) mass is 352 g/mol. The summed E-state index contributed by atoms with van der Waals surface area (Å²) in [6, 6.07) is 23.9. The minimum absolute atomic E-state index is 0.268. The molecule has 3 aromatic rings. The first kappa shape index (κ1) is 16.9. The SMILES string of the molecule is O=C(NNc1ccccc1)c1ccccc1OCc1ccc(Cl)cc1. The fourth-order valence-corrected chi connectivity index (χ4v) is 2.37. The van der Waals surface area contributed by atoms with Crippen LogP contribution < -0.4 is 15.6 Å². The number of hydrogen-bond acceptors (Lipinski definition) is 3. The van der Waals surface area contributed by atoms with Crippen LogP contribution in [0.15, 0.2) is 78.9 Å². The highest BCUT2D eigenvalue weighted by Gasteiger charge is 2.12. The Labute approximate surface area is 151 Å². The van der Waals surface area contributed by atoms with Crippen LogP contribution >= 0.6 is 11.6 Å². The van der Waals surface area contributed by atoms with E-state index in [1.807, 2.05) is 60.7 Å². The predicted molar refractivity (Wildman–Crippen MR) is 99.8 cm³/mol. The van der Waals surface area contributed by atoms with Gasteiger partial charge in [0.2, 0.25) is 0 Å². The number of hydrogen-bond donors (Lipinski definition) is 2. The van der Waals surface area contributed by atoms with E-state index in [0.29, 0.717) is 22.9 Å². The number of rotatable bonds is 6. The molecule has 0 aliphatic heterocycles. The van der Waals surface area contributed by atoms with E-state index < -0.39 is 0 Å². The van der Waals surface area contributed by atoms with Gasteiger partial charge in [0.25, 0.3) is 5.91 Å². The molecule has 0 saturated heterocycles. The van der Waals surface area contributed by atoms with Crippen LogP contribution in [0.2, 0.25) is 5.02 Å². The van der Waals surface area contributed by atoms with E-state index in [2.05, 4.69) is 10.9 Å². The molecule has 0 aliphatic carbocycles. The molecule has 0 radical (unpaired) electrons. The average molecular weight is 353 g/mol. The van der Waals surface area contributed by atoms with Gasteiger partial charge in [-0.3, -0.25) is 15.6 Å². The summed E-state index contributed by atoms with van der Waals surface area (Å²) >= 11 is 5.88. The molecule has 0 unspecified atom stereocenters. The van der Waals surface area contributed by atoms with Crippen molar-refractivity contribution in [3.8, 4) is 5.75 Å². The van der Waals surface area contributed by atoms with Crippen LogP contribution in [-0.2, 0) is 6.61 Å². The highest BCUT2D eigenvalue weighted by Crippen LogP contribution is 2.20. The molecule has 2 N–H and O–H groups in total. The van der Waals surface area contributed by atoms with Crippen molar-refractivity contribution >= 4 is 23.2 Å². The third kappa shape index (κ3) is 4.75. The summed E-state index contributed by atoms with van der Waals surface area (Å²) in [6.07, 6.45) is 0. The zero-order chi connectivity index (χ0) is 17.5. The number of benzene rings is 3. The van der Waals surface area contributed by atoms with E-state index in [1.165, 1.54) is 0 Å². The number of carbonyl (C=O) groups excluding carboxylic acids is 1. The predicted octanol–water partition coefficient (Wildman–Crippen LogP) is 4.68. The molecule has 0 atom stereocenters. The van der Waals surface area contributed by atoms with Crippen LogP contribution in [-0.4, -0.2) is 5.91 Å². The van der Waals surface area contributed by atoms with E-state index in [4.69, 9.17) is 16.3 Å². The Balaban J connectivity index is 1.65. The number of hydrazine groups is 1. The zero-order valence-electron chi connectivity index (χ0n) is 13.4. The molecule has 1 amide bonds. The summed E-state index contributed by atoms with van der Waals surface area (Å²) in [6.45, 7) is 0.355. The molecule has 0 fully saturated rings. The lowest BCUT2D eigenvalue weighted by Gasteiger charge is -2.13. The molecule has 0 saturated carbocycles. The lowest BCUT2D eigenvalue weighted by molar-refractivity contribution is 0.0958. The highest BCUT2D eigenvalue weighted by molar-refractivity contribution is 6.30. The van der Waals surface area contributed by atoms with Gasteiger partial charge in [0.05, 0.1) is 11.3 Å². The Morgan fingerprint density at radius 1 is 0.880 bits per heavy atom. The van der Waals surface area contributed by atoms with Crippen LogP contribution in [0.4, 0.5) is 5.69 Å². The summed E-state index contributed by atoms with van der Waals surface area (Å²) < 4.78 is 5.80. The van der Waals surface area contributed by atoms with E-state index >= 15 is 0 Å². The van der Waals surface area contributed by atoms with Crippen molar-refractivity contribution in [2.45, 2.75) is 6.61 Å². The molecule has 0 bridgehead atoms. The molecule has 0 heterocycles. The van der Waals surface area contributed by atoms with Crippen LogP contribution in [0, 0.1) is 0 Å². The van der Waals surface area contributed by atoms with Crippen LogP contribution in [0.1, 0.15) is 15.9 Å². The summed E-state index contributed by atoms with van der Waals surface area (Å²) in [5.74, 6) is 0.250. The molecule has 3 aromatic carbocycles. The number of nitrogens with one attached hydrogen (secondary N) is 2. The van der Waals surface area contributed by atoms with Crippen LogP contribution in [0.5, 0.6) is 5.75 Å². The summed E-state index contributed by atoms with van der Waals surface area (Å²) in [5, 5.41) is 0.676. The van der Waals surface area contributed by atoms with Gasteiger partial charge >= 0.3 is 0 Å². The maximum Gasteiger partial charge on any atom is 0.273 e. The van der Waals surface area contributed by atoms with Crippen LogP contribution in [0.3, 0.4) is 0 Å². The van der Waals surface area contributed by atoms with Gasteiger partial charge in [0, 0.05) is 5.02 Å². The van der Waals surface area contributed by atoms with Gasteiger partial charge in [0.1, 0.15) is 12.4 Å². The second-order valence-electron chi connectivity index (χ2n) is 5.36. The normalized spacial score (nSPS) is 10.1. The lowest BCUT2D eigenvalue weighted by Crippen LogP contribution is -2.29. The van der Waals surface area contributed by atoms with Gasteiger partial charge in [-0.05, 0) is 42.0 Å². The second kappa shape index (κ2) is 8.22. The average Bonchev–Trinajstić information content (AvgIpc) is 2.67. The van der Waals surface area contributed by atoms with Gasteiger partial charge in [-0.15, -0.1) is 0 Å². The van der Waals surface area contributed by atoms with Gasteiger partial charge in [-0.1, -0.05) is 54.1 Å². The largest absolute Gasteiger partial charge is 0.488 e. The Hall–Kier alpha value is -2.98. The number of halogens is 1. The molecular weight excluding hydrogens is 336 g/mol. The van der Waals surface area contributed by atoms with E-state index in [0.717, 1.165) is 11.3 Å². The second-order valence-corrected chi connectivity index (χ2v) is 5.79. The Morgan fingerprint density at radius 3 is 2.32 bits per heavy atom. The quantitative estimate of drug-likeness (QED) is 0.633. The van der Waals surface area contributed by atoms with Gasteiger partial charge in [0.15, 0.2) is 0 Å². The third-order valence-corrected chi connectivity index (χ3v) is 3.79. The van der Waals surface area contributed by atoms with Gasteiger partial charge < -0.3 is 4.74 Å². The van der Waals surface area contributed by atoms with Gasteiger partial charge in [-0.2, -0.15) is 0 Å². The Kier molecular flexibility index (Phi) is 5.54. The molecule has 4 nitrogen and oxygen atoms in total. The number of para-hydroxylation sites is 2. The summed E-state index contributed by atoms with van der Waals surface area (Å²) in [7, 11) is 0. The topological polar surface area (TPSA) is 50.4 Å². The number of carbonyl (C=O) groups is 1. The summed E-state index contributed by atoms with van der Waals surface area (Å²) in [5.41, 5.74) is 7.79. The van der Waals surface area contributed by atoms with Crippen molar-refractivity contribution in [3.63, 3.8) is 0 Å². The molecule has 25 heavy (non-hydrogen) atoms. The van der Waals surface area contributed by atoms with E-state index in [1.54, 1.807) is 18.2 Å². The van der Waals surface area contributed by atoms with Crippen molar-refractivity contribution in [1.82, 2.24) is 5.43 Å². The first-order valence-electron chi connectivity index (χ1n) is 7.80. The Bertz CT molecular complexity index is 836. The maximum absolute atomic E-state index is 12.4. The third-order valence-electron chi connectivity index (χ3n) is 3.53. The molecule has 5 heteroatoms. The summed E-state index contributed by atoms with van der Waals surface area (Å²) in [4.78, 5) is 12.4. The van der Waals surface area contributed by atoms with Crippen molar-refractivity contribution in [1.29, 1.82) is 0 Å².